The quantitative estimate of drug-likeness (QED) is 0.0360. The molecule has 4 atom stereocenters. The average Bonchev–Trinajstić information content (AvgIpc) is 3.52. The van der Waals surface area contributed by atoms with Crippen molar-refractivity contribution in [1.29, 1.82) is 0 Å². The number of esters is 3. The Morgan fingerprint density at radius 2 is 1.05 bits per heavy atom. The number of nitrogens with zero attached hydrogens (tertiary/aromatic N) is 4. The van der Waals surface area contributed by atoms with Crippen molar-refractivity contribution in [2.45, 2.75) is 116 Å². The molecule has 444 valence electrons. The smallest absolute Gasteiger partial charge is 0.331 e. The van der Waals surface area contributed by atoms with Gasteiger partial charge >= 0.3 is 17.9 Å². The average molecular weight is 1150 g/mol. The third kappa shape index (κ3) is 23.7. The second kappa shape index (κ2) is 34.7. The Morgan fingerprint density at radius 3 is 1.45 bits per heavy atom. The van der Waals surface area contributed by atoms with Gasteiger partial charge in [0.1, 0.15) is 35.4 Å². The molecule has 0 unspecified atom stereocenters. The van der Waals surface area contributed by atoms with Gasteiger partial charge in [-0.1, -0.05) is 219 Å². The highest BCUT2D eigenvalue weighted by Crippen LogP contribution is 2.44. The normalized spacial score (nSPS) is 14.6. The minimum atomic E-state index is -0.733. The van der Waals surface area contributed by atoms with Gasteiger partial charge in [0.15, 0.2) is 0 Å². The summed E-state index contributed by atoms with van der Waals surface area (Å²) in [6.45, 7) is 18.0. The maximum Gasteiger partial charge on any atom is 0.331 e. The number of hydrogen-bond donors (Lipinski definition) is 1. The fourth-order valence-corrected chi connectivity index (χ4v) is 9.25. The standard InChI is InChI=1S/C26H28N2O.C23H27NO3.C19H21NO2.C5H8O2/c1-28-25(27-23(19-29)17-20-11-5-2-6-12-20)18-24(21-13-7-3-8-14-21)26(28)22-15-9-4-10-16-22;1-17(25)15-16-20(22(26)27-23(2,3)4)24-21(18-11-7-5-8-12-18)19-13-9-6-10-14-19;1-19(2,3)22-17(21)14-20-18(15-10-6-4-7-11-15)16-12-8-5-9-13-16;1-3-5(6)7-4-2/h2-16,23-24,26,29H,17-19H2,1H3;5-14,20H,15-16H2,1-4H3;4-13H,14H2,1-3H3;3H,1,4H2,2H3/t23-,24-,26-;20-;;/m00../s1. The Bertz CT molecular complexity index is 3130. The first-order chi connectivity index (χ1) is 40.8. The number of ketones is 1. The molecule has 1 aliphatic heterocycles. The Kier molecular flexibility index (Phi) is 27.3. The van der Waals surface area contributed by atoms with Gasteiger partial charge in [-0.25, -0.2) is 9.59 Å². The van der Waals surface area contributed by atoms with Crippen molar-refractivity contribution >= 4 is 41.0 Å². The minimum Gasteiger partial charge on any atom is -0.463 e. The summed E-state index contributed by atoms with van der Waals surface area (Å²) in [6.07, 6.45) is 3.38. The summed E-state index contributed by atoms with van der Waals surface area (Å²) in [5.41, 5.74) is 8.06. The van der Waals surface area contributed by atoms with Crippen LogP contribution in [0.3, 0.4) is 0 Å². The molecular formula is C73H84N4O8. The summed E-state index contributed by atoms with van der Waals surface area (Å²) < 4.78 is 15.3. The van der Waals surface area contributed by atoms with E-state index in [1.54, 1.807) is 6.92 Å². The molecule has 1 aliphatic rings. The molecule has 7 aromatic rings. The number of benzene rings is 7. The second-order valence-electron chi connectivity index (χ2n) is 22.2. The van der Waals surface area contributed by atoms with Crippen LogP contribution in [0, 0.1) is 0 Å². The first kappa shape index (κ1) is 66.9. The Labute approximate surface area is 504 Å². The van der Waals surface area contributed by atoms with Gasteiger partial charge in [-0.15, -0.1) is 0 Å². The molecule has 12 heteroatoms. The molecular weight excluding hydrogens is 1060 g/mol. The minimum absolute atomic E-state index is 0.0103. The first-order valence-corrected chi connectivity index (χ1v) is 28.9. The van der Waals surface area contributed by atoms with E-state index in [4.69, 9.17) is 19.5 Å². The van der Waals surface area contributed by atoms with Crippen LogP contribution >= 0.6 is 0 Å². The lowest BCUT2D eigenvalue weighted by Gasteiger charge is -2.27. The zero-order valence-corrected chi connectivity index (χ0v) is 50.8. The molecule has 85 heavy (non-hydrogen) atoms. The maximum absolute atomic E-state index is 12.7. The van der Waals surface area contributed by atoms with Gasteiger partial charge < -0.3 is 29.0 Å². The summed E-state index contributed by atoms with van der Waals surface area (Å²) in [6, 6.07) is 70.2. The zero-order valence-electron chi connectivity index (χ0n) is 50.8. The molecule has 1 saturated heterocycles. The highest BCUT2D eigenvalue weighted by molar-refractivity contribution is 6.14. The third-order valence-corrected chi connectivity index (χ3v) is 13.0. The number of carbonyl (C=O) groups is 4. The van der Waals surface area contributed by atoms with Gasteiger partial charge in [0.25, 0.3) is 0 Å². The van der Waals surface area contributed by atoms with Gasteiger partial charge in [-0.05, 0) is 84.9 Å². The number of likely N-dealkylation sites (tertiary alicyclic amines) is 1. The zero-order chi connectivity index (χ0) is 61.6. The Hall–Kier alpha value is -8.87. The monoisotopic (exact) mass is 1140 g/mol. The van der Waals surface area contributed by atoms with Gasteiger partial charge in [-0.2, -0.15) is 0 Å². The van der Waals surface area contributed by atoms with Crippen LogP contribution in [-0.2, 0) is 39.8 Å². The molecule has 1 fully saturated rings. The highest BCUT2D eigenvalue weighted by Gasteiger charge is 2.38. The number of aliphatic hydroxyl groups excluding tert-OH is 1. The van der Waals surface area contributed by atoms with Crippen LogP contribution in [0.4, 0.5) is 0 Å². The summed E-state index contributed by atoms with van der Waals surface area (Å²) in [5.74, 6) is 0.355. The predicted octanol–water partition coefficient (Wildman–Crippen LogP) is 14.1. The molecule has 0 amide bonds. The fourth-order valence-electron chi connectivity index (χ4n) is 9.25. The molecule has 1 heterocycles. The van der Waals surface area contributed by atoms with Crippen LogP contribution in [0.5, 0.6) is 0 Å². The van der Waals surface area contributed by atoms with Crippen LogP contribution in [0.15, 0.2) is 240 Å². The molecule has 0 aliphatic carbocycles. The number of rotatable bonds is 19. The Morgan fingerprint density at radius 1 is 0.624 bits per heavy atom. The summed E-state index contributed by atoms with van der Waals surface area (Å²) in [5, 5.41) is 9.97. The van der Waals surface area contributed by atoms with Gasteiger partial charge in [0.05, 0.1) is 36.7 Å². The largest absolute Gasteiger partial charge is 0.463 e. The summed E-state index contributed by atoms with van der Waals surface area (Å²) >= 11 is 0. The predicted molar refractivity (Wildman–Crippen MR) is 343 cm³/mol. The maximum atomic E-state index is 12.7. The number of aliphatic imine (C=N–C) groups is 3. The highest BCUT2D eigenvalue weighted by atomic mass is 16.6. The number of carbonyl (C=O) groups excluding carboxylic acids is 4. The topological polar surface area (TPSA) is 157 Å². The molecule has 0 saturated carbocycles. The van der Waals surface area contributed by atoms with Crippen molar-refractivity contribution in [1.82, 2.24) is 4.90 Å². The van der Waals surface area contributed by atoms with Crippen molar-refractivity contribution in [3.63, 3.8) is 0 Å². The van der Waals surface area contributed by atoms with Gasteiger partial charge in [0.2, 0.25) is 0 Å². The molecule has 0 bridgehead atoms. The van der Waals surface area contributed by atoms with Crippen LogP contribution in [0.25, 0.3) is 0 Å². The van der Waals surface area contributed by atoms with Crippen molar-refractivity contribution in [2.24, 2.45) is 15.0 Å². The molecule has 1 N–H and O–H groups in total. The van der Waals surface area contributed by atoms with Crippen molar-refractivity contribution in [2.75, 3.05) is 26.8 Å². The van der Waals surface area contributed by atoms with E-state index in [1.807, 2.05) is 181 Å². The molecule has 7 aromatic carbocycles. The van der Waals surface area contributed by atoms with Crippen molar-refractivity contribution in [3.8, 4) is 0 Å². The number of ether oxygens (including phenoxy) is 3. The number of Topliss-reactive ketones (excluding diaryl/α,β-unsaturated/α-hetero) is 1. The van der Waals surface area contributed by atoms with Crippen LogP contribution in [0.1, 0.15) is 126 Å². The van der Waals surface area contributed by atoms with E-state index in [9.17, 15) is 24.3 Å². The molecule has 0 spiro atoms. The van der Waals surface area contributed by atoms with Crippen LogP contribution < -0.4 is 0 Å². The van der Waals surface area contributed by atoms with Crippen LogP contribution in [0.2, 0.25) is 0 Å². The van der Waals surface area contributed by atoms with Crippen molar-refractivity contribution < 1.29 is 38.5 Å². The van der Waals surface area contributed by atoms with E-state index in [2.05, 4.69) is 101 Å². The lowest BCUT2D eigenvalue weighted by molar-refractivity contribution is -0.156. The van der Waals surface area contributed by atoms with E-state index in [0.29, 0.717) is 18.9 Å². The first-order valence-electron chi connectivity index (χ1n) is 28.9. The lowest BCUT2D eigenvalue weighted by Crippen LogP contribution is -2.32. The second-order valence-corrected chi connectivity index (χ2v) is 22.2. The van der Waals surface area contributed by atoms with E-state index in [1.165, 1.54) is 23.6 Å². The number of aliphatic hydroxyl groups is 1. The van der Waals surface area contributed by atoms with Gasteiger partial charge in [0, 0.05) is 54.1 Å². The Balaban J connectivity index is 0.000000222. The molecule has 0 radical (unpaired) electrons. The summed E-state index contributed by atoms with van der Waals surface area (Å²) in [7, 11) is 2.14. The molecule has 12 nitrogen and oxygen atoms in total. The fraction of sp³-hybridized carbons (Fsp3) is 0.301. The number of amidine groups is 1. The van der Waals surface area contributed by atoms with Crippen molar-refractivity contribution in [3.05, 3.63) is 264 Å². The third-order valence-electron chi connectivity index (χ3n) is 13.0. The molecule has 0 aromatic heterocycles. The number of hydrogen-bond acceptors (Lipinski definition) is 11. The van der Waals surface area contributed by atoms with E-state index in [-0.39, 0.29) is 49.4 Å². The lowest BCUT2D eigenvalue weighted by atomic mass is 9.87. The van der Waals surface area contributed by atoms with E-state index >= 15 is 0 Å². The van der Waals surface area contributed by atoms with E-state index in [0.717, 1.165) is 58.4 Å². The molecule has 8 rings (SSSR count). The summed E-state index contributed by atoms with van der Waals surface area (Å²) in [4.78, 5) is 62.8. The van der Waals surface area contributed by atoms with E-state index < -0.39 is 23.2 Å². The SMILES string of the molecule is C=CC(=O)OCC.CC(=O)CC[C@H](N=C(c1ccccc1)c1ccccc1)C(=O)OC(C)(C)C.CC(C)(C)OC(=O)CN=C(c1ccccc1)c1ccccc1.CN1C(=N[C@H](CO)Cc2ccccc2)C[C@@H](c2ccccc2)[C@@H]1c1ccccc1. The van der Waals surface area contributed by atoms with Crippen LogP contribution in [-0.4, -0.2) is 101 Å². The number of likely N-dealkylation sites (N-methyl/N-ethyl adjacent to an activating group) is 1. The van der Waals surface area contributed by atoms with Gasteiger partial charge in [-0.3, -0.25) is 19.8 Å².